The summed E-state index contributed by atoms with van der Waals surface area (Å²) in [6.45, 7) is 2.62. The van der Waals surface area contributed by atoms with Gasteiger partial charge in [0.15, 0.2) is 0 Å². The van der Waals surface area contributed by atoms with E-state index in [1.54, 1.807) is 17.0 Å². The molecule has 140 valence electrons. The quantitative estimate of drug-likeness (QED) is 0.749. The van der Waals surface area contributed by atoms with Gasteiger partial charge in [-0.3, -0.25) is 14.6 Å². The number of hydrogen-bond acceptors (Lipinski definition) is 3. The molecule has 4 rings (SSSR count). The lowest BCUT2D eigenvalue weighted by atomic mass is 10.0. The third kappa shape index (κ3) is 3.64. The Bertz CT molecular complexity index is 1050. The van der Waals surface area contributed by atoms with E-state index >= 15 is 0 Å². The van der Waals surface area contributed by atoms with E-state index in [-0.39, 0.29) is 17.5 Å². The molecule has 2 aromatic carbocycles. The van der Waals surface area contributed by atoms with Crippen molar-refractivity contribution in [3.63, 3.8) is 0 Å². The molecule has 1 aliphatic rings. The maximum Gasteiger partial charge on any atom is 0.276 e. The summed E-state index contributed by atoms with van der Waals surface area (Å²) in [4.78, 5) is 31.7. The van der Waals surface area contributed by atoms with Crippen LogP contribution in [0.15, 0.2) is 66.9 Å². The van der Waals surface area contributed by atoms with Gasteiger partial charge in [0.2, 0.25) is 0 Å². The summed E-state index contributed by atoms with van der Waals surface area (Å²) in [5.41, 5.74) is 4.55. The fraction of sp³-hybridized carbons (Fsp3) is 0.174. The summed E-state index contributed by atoms with van der Waals surface area (Å²) in [5, 5.41) is 2.87. The van der Waals surface area contributed by atoms with Crippen LogP contribution in [0.5, 0.6) is 0 Å². The maximum absolute atomic E-state index is 13.1. The second-order valence-electron chi connectivity index (χ2n) is 6.94. The summed E-state index contributed by atoms with van der Waals surface area (Å²) in [7, 11) is 0. The van der Waals surface area contributed by atoms with Crippen molar-refractivity contribution < 1.29 is 9.59 Å². The van der Waals surface area contributed by atoms with E-state index in [0.29, 0.717) is 12.1 Å². The van der Waals surface area contributed by atoms with E-state index in [0.717, 1.165) is 35.3 Å². The number of carbonyl (C=O) groups excluding carboxylic acids is 2. The number of carbonyl (C=O) groups is 2. The number of hydrogen-bond donors (Lipinski definition) is 1. The first-order valence-corrected chi connectivity index (χ1v) is 9.36. The van der Waals surface area contributed by atoms with E-state index in [1.807, 2.05) is 55.5 Å². The highest BCUT2D eigenvalue weighted by Gasteiger charge is 2.24. The number of nitrogens with zero attached hydrogens (tertiary/aromatic N) is 2. The molecule has 0 fully saturated rings. The monoisotopic (exact) mass is 371 g/mol. The standard InChI is InChI=1S/C23H21N3O2/c1-16-6-4-9-19(14-16)25-22(27)18-11-12-24-20(15-18)23(28)26-13-5-8-17-7-2-3-10-21(17)26/h2-4,6-7,9-12,14-15H,5,8,13H2,1H3,(H,25,27). The molecule has 5 heteroatoms. The molecule has 0 saturated carbocycles. The minimum Gasteiger partial charge on any atom is -0.322 e. The number of anilines is 2. The van der Waals surface area contributed by atoms with Crippen molar-refractivity contribution in [3.05, 3.63) is 89.2 Å². The zero-order valence-electron chi connectivity index (χ0n) is 15.7. The minimum absolute atomic E-state index is 0.183. The van der Waals surface area contributed by atoms with Crippen LogP contribution in [-0.2, 0) is 6.42 Å². The SMILES string of the molecule is Cc1cccc(NC(=O)c2ccnc(C(=O)N3CCCc4ccccc43)c2)c1. The summed E-state index contributed by atoms with van der Waals surface area (Å²) in [5.74, 6) is -0.446. The molecule has 1 aliphatic heterocycles. The largest absolute Gasteiger partial charge is 0.322 e. The van der Waals surface area contributed by atoms with Gasteiger partial charge >= 0.3 is 0 Å². The Morgan fingerprint density at radius 3 is 2.75 bits per heavy atom. The molecular formula is C23H21N3O2. The summed E-state index contributed by atoms with van der Waals surface area (Å²) in [6.07, 6.45) is 3.39. The van der Waals surface area contributed by atoms with Gasteiger partial charge in [0.1, 0.15) is 5.69 Å². The van der Waals surface area contributed by atoms with Crippen molar-refractivity contribution in [2.75, 3.05) is 16.8 Å². The highest BCUT2D eigenvalue weighted by Crippen LogP contribution is 2.28. The van der Waals surface area contributed by atoms with Crippen molar-refractivity contribution in [1.29, 1.82) is 0 Å². The fourth-order valence-electron chi connectivity index (χ4n) is 3.50. The predicted molar refractivity (Wildman–Crippen MR) is 110 cm³/mol. The average Bonchev–Trinajstić information content (AvgIpc) is 2.73. The zero-order valence-corrected chi connectivity index (χ0v) is 15.7. The molecule has 0 bridgehead atoms. The molecule has 0 saturated heterocycles. The van der Waals surface area contributed by atoms with Gasteiger partial charge in [-0.1, -0.05) is 30.3 Å². The van der Waals surface area contributed by atoms with Crippen molar-refractivity contribution in [2.24, 2.45) is 0 Å². The van der Waals surface area contributed by atoms with Crippen molar-refractivity contribution in [3.8, 4) is 0 Å². The number of amides is 2. The number of pyridine rings is 1. The van der Waals surface area contributed by atoms with E-state index in [9.17, 15) is 9.59 Å². The summed E-state index contributed by atoms with van der Waals surface area (Å²) >= 11 is 0. The molecule has 0 unspecified atom stereocenters. The zero-order chi connectivity index (χ0) is 19.5. The van der Waals surface area contributed by atoms with E-state index in [1.165, 1.54) is 6.20 Å². The predicted octanol–water partition coefficient (Wildman–Crippen LogP) is 4.24. The average molecular weight is 371 g/mol. The van der Waals surface area contributed by atoms with Crippen molar-refractivity contribution in [1.82, 2.24) is 4.98 Å². The molecule has 0 atom stereocenters. The molecule has 1 aromatic heterocycles. The molecule has 28 heavy (non-hydrogen) atoms. The van der Waals surface area contributed by atoms with Gasteiger partial charge in [0.25, 0.3) is 11.8 Å². The first kappa shape index (κ1) is 17.9. The Balaban J connectivity index is 1.57. The second-order valence-corrected chi connectivity index (χ2v) is 6.94. The Morgan fingerprint density at radius 1 is 1.04 bits per heavy atom. The van der Waals surface area contributed by atoms with Gasteiger partial charge in [-0.2, -0.15) is 0 Å². The lowest BCUT2D eigenvalue weighted by Gasteiger charge is -2.29. The van der Waals surface area contributed by atoms with E-state index in [2.05, 4.69) is 10.3 Å². The number of rotatable bonds is 3. The van der Waals surface area contributed by atoms with Gasteiger partial charge in [-0.05, 0) is 61.2 Å². The minimum atomic E-state index is -0.263. The van der Waals surface area contributed by atoms with Crippen LogP contribution < -0.4 is 10.2 Å². The normalized spacial score (nSPS) is 13.0. The third-order valence-electron chi connectivity index (χ3n) is 4.87. The van der Waals surface area contributed by atoms with Crippen LogP contribution in [0.2, 0.25) is 0 Å². The first-order valence-electron chi connectivity index (χ1n) is 9.36. The molecular weight excluding hydrogens is 350 g/mol. The lowest BCUT2D eigenvalue weighted by molar-refractivity contribution is 0.0980. The van der Waals surface area contributed by atoms with Crippen LogP contribution in [-0.4, -0.2) is 23.3 Å². The lowest BCUT2D eigenvalue weighted by Crippen LogP contribution is -2.36. The number of benzene rings is 2. The van der Waals surface area contributed by atoms with E-state index in [4.69, 9.17) is 0 Å². The van der Waals surface area contributed by atoms with Crippen LogP contribution in [0.25, 0.3) is 0 Å². The van der Waals surface area contributed by atoms with Crippen LogP contribution in [0.4, 0.5) is 11.4 Å². The molecule has 2 heterocycles. The number of aromatic nitrogens is 1. The molecule has 0 aliphatic carbocycles. The molecule has 2 amide bonds. The highest BCUT2D eigenvalue weighted by molar-refractivity contribution is 6.09. The summed E-state index contributed by atoms with van der Waals surface area (Å²) < 4.78 is 0. The van der Waals surface area contributed by atoms with Crippen LogP contribution in [0, 0.1) is 6.92 Å². The third-order valence-corrected chi connectivity index (χ3v) is 4.87. The molecule has 0 spiro atoms. The smallest absolute Gasteiger partial charge is 0.276 e. The number of fused-ring (bicyclic) bond motifs is 1. The Hall–Kier alpha value is -3.47. The Kier molecular flexibility index (Phi) is 4.89. The van der Waals surface area contributed by atoms with Crippen LogP contribution in [0.3, 0.4) is 0 Å². The maximum atomic E-state index is 13.1. The molecule has 1 N–H and O–H groups in total. The topological polar surface area (TPSA) is 62.3 Å². The molecule has 3 aromatic rings. The van der Waals surface area contributed by atoms with Gasteiger partial charge < -0.3 is 10.2 Å². The molecule has 0 radical (unpaired) electrons. The number of para-hydroxylation sites is 1. The second kappa shape index (κ2) is 7.64. The number of nitrogens with one attached hydrogen (secondary N) is 1. The Morgan fingerprint density at radius 2 is 1.89 bits per heavy atom. The Labute approximate surface area is 164 Å². The number of aryl methyl sites for hydroxylation is 2. The highest BCUT2D eigenvalue weighted by atomic mass is 16.2. The van der Waals surface area contributed by atoms with Gasteiger partial charge in [0.05, 0.1) is 0 Å². The van der Waals surface area contributed by atoms with Gasteiger partial charge in [-0.15, -0.1) is 0 Å². The van der Waals surface area contributed by atoms with Crippen molar-refractivity contribution >= 4 is 23.2 Å². The summed E-state index contributed by atoms with van der Waals surface area (Å²) in [6, 6.07) is 18.7. The van der Waals surface area contributed by atoms with E-state index < -0.39 is 0 Å². The van der Waals surface area contributed by atoms with Crippen LogP contribution in [0.1, 0.15) is 38.4 Å². The first-order chi connectivity index (χ1) is 13.6. The molecule has 5 nitrogen and oxygen atoms in total. The van der Waals surface area contributed by atoms with Gasteiger partial charge in [0, 0.05) is 29.7 Å². The van der Waals surface area contributed by atoms with Crippen LogP contribution >= 0.6 is 0 Å². The van der Waals surface area contributed by atoms with Crippen molar-refractivity contribution in [2.45, 2.75) is 19.8 Å². The fourth-order valence-corrected chi connectivity index (χ4v) is 3.50. The van der Waals surface area contributed by atoms with Gasteiger partial charge in [-0.25, -0.2) is 0 Å².